The summed E-state index contributed by atoms with van der Waals surface area (Å²) in [6.07, 6.45) is -0.420. The smallest absolute Gasteiger partial charge is 0.241 e. The molecule has 0 unspecified atom stereocenters. The van der Waals surface area contributed by atoms with Gasteiger partial charge in [0.05, 0.1) is 18.0 Å². The molecule has 0 aliphatic rings. The van der Waals surface area contributed by atoms with Crippen LogP contribution in [-0.4, -0.2) is 11.1 Å². The number of nitriles is 1. The van der Waals surface area contributed by atoms with E-state index in [0.717, 1.165) is 27.3 Å². The van der Waals surface area contributed by atoms with Gasteiger partial charge < -0.3 is 0 Å². The molecule has 0 spiro atoms. The lowest BCUT2D eigenvalue weighted by atomic mass is 9.12. The molecule has 0 N–H and O–H groups in total. The molecule has 0 aliphatic heterocycles. The van der Waals surface area contributed by atoms with Crippen molar-refractivity contribution in [3.63, 3.8) is 0 Å². The van der Waals surface area contributed by atoms with Gasteiger partial charge in [-0.2, -0.15) is 5.26 Å². The summed E-state index contributed by atoms with van der Waals surface area (Å²) in [4.78, 5) is 10.1. The minimum absolute atomic E-state index is 0.670. The van der Waals surface area contributed by atoms with E-state index < -0.39 is 144 Å². The fourth-order valence-corrected chi connectivity index (χ4v) is 7.66. The van der Waals surface area contributed by atoms with Crippen molar-refractivity contribution in [3.05, 3.63) is 195 Å². The summed E-state index contributed by atoms with van der Waals surface area (Å²) >= 11 is 0. The second-order valence-electron chi connectivity index (χ2n) is 13.9. The third-order valence-corrected chi connectivity index (χ3v) is 10.5. The molecule has 348 valence electrons. The standard InChI is InChI=1S/C24BF20.C19H12N3O/c26-5-1(6(27)14(35)21(42)13(5)34)25(2-7(28)15(36)22(43)16(37)8(2)29,3-9(30)17(38)23(44)18(39)10(3)31)4-11(32)19(40)24(45)20(41)12(4)33;20-13-18-14-5-1-3-7-16(14)19(17-8-4-2-6-15(17)18)23-22-11-9-21-10-12-22/h;1-12H/q-1;+1. The predicted octanol–water partition coefficient (Wildman–Crippen LogP) is 9.24. The minimum atomic E-state index is -7.22. The molecular weight excluding hydrogens is 965 g/mol. The summed E-state index contributed by atoms with van der Waals surface area (Å²) in [6, 6.07) is 17.9. The molecule has 0 radical (unpaired) electrons. The highest BCUT2D eigenvalue weighted by Gasteiger charge is 2.52. The largest absolute Gasteiger partial charge is 0.252 e. The van der Waals surface area contributed by atoms with Gasteiger partial charge in [0.2, 0.25) is 18.1 Å². The van der Waals surface area contributed by atoms with E-state index >= 15 is 35.1 Å². The van der Waals surface area contributed by atoms with Gasteiger partial charge in [-0.1, -0.05) is 48.5 Å². The summed E-state index contributed by atoms with van der Waals surface area (Å²) < 4.78 is 296. The van der Waals surface area contributed by atoms with Gasteiger partial charge in [0, 0.05) is 26.3 Å². The fraction of sp³-hybridized carbons (Fsp3) is 0. The van der Waals surface area contributed by atoms with Crippen LogP contribution in [0.3, 0.4) is 0 Å². The van der Waals surface area contributed by atoms with E-state index in [1.54, 1.807) is 29.5 Å². The first-order chi connectivity index (χ1) is 32.1. The maximum Gasteiger partial charge on any atom is 0.241 e. The molecule has 8 aromatic rings. The Hall–Kier alpha value is -7.91. The lowest BCUT2D eigenvalue weighted by molar-refractivity contribution is -0.874. The summed E-state index contributed by atoms with van der Waals surface area (Å²) in [5.74, 6) is -70.7. The Balaban J connectivity index is 0.000000246. The van der Waals surface area contributed by atoms with Crippen molar-refractivity contribution in [1.29, 1.82) is 5.26 Å². The Bertz CT molecular complexity index is 3020. The molecule has 0 atom stereocenters. The Morgan fingerprint density at radius 1 is 0.368 bits per heavy atom. The number of nitrogens with zero attached hydrogens (tertiary/aromatic N) is 3. The van der Waals surface area contributed by atoms with Gasteiger partial charge in [-0.25, -0.2) is 92.6 Å². The van der Waals surface area contributed by atoms with E-state index in [1.165, 1.54) is 0 Å². The van der Waals surface area contributed by atoms with Crippen molar-refractivity contribution in [1.82, 2.24) is 4.98 Å². The Morgan fingerprint density at radius 3 is 0.853 bits per heavy atom. The van der Waals surface area contributed by atoms with E-state index in [0.29, 0.717) is 5.56 Å². The van der Waals surface area contributed by atoms with Crippen molar-refractivity contribution in [2.24, 2.45) is 0 Å². The van der Waals surface area contributed by atoms with Crippen molar-refractivity contribution in [2.75, 3.05) is 0 Å². The van der Waals surface area contributed by atoms with E-state index in [9.17, 15) is 57.9 Å². The highest BCUT2D eigenvalue weighted by atomic mass is 19.2. The number of fused-ring (bicyclic) bond motifs is 2. The first-order valence-electron chi connectivity index (χ1n) is 18.1. The summed E-state index contributed by atoms with van der Waals surface area (Å²) in [7, 11) is 0. The highest BCUT2D eigenvalue weighted by molar-refractivity contribution is 7.20. The SMILES string of the molecule is Fc1c(F)c(F)c([B-](c2c(F)c(F)c(F)c(F)c2F)(c2c(F)c(F)c(F)c(F)c2F)c2c(F)c(F)c(F)c(F)c2F)c(F)c1F.N#Cc1c2ccccc2c(O[n+]2ccncc2)c2ccccc12. The van der Waals surface area contributed by atoms with Crippen molar-refractivity contribution in [2.45, 2.75) is 0 Å². The van der Waals surface area contributed by atoms with Crippen LogP contribution in [0.15, 0.2) is 73.3 Å². The van der Waals surface area contributed by atoms with Crippen LogP contribution in [-0.2, 0) is 0 Å². The maximum absolute atomic E-state index is 15.4. The molecule has 1 aromatic heterocycles. The summed E-state index contributed by atoms with van der Waals surface area (Å²) in [6.45, 7) is 0. The molecular formula is C43H12BF20N3O. The Morgan fingerprint density at radius 2 is 0.603 bits per heavy atom. The van der Waals surface area contributed by atoms with Crippen LogP contribution >= 0.6 is 0 Å². The predicted molar refractivity (Wildman–Crippen MR) is 196 cm³/mol. The second-order valence-corrected chi connectivity index (χ2v) is 13.9. The van der Waals surface area contributed by atoms with Crippen LogP contribution in [0.2, 0.25) is 0 Å². The number of benzene rings is 7. The average Bonchev–Trinajstić information content (AvgIpc) is 3.34. The van der Waals surface area contributed by atoms with Gasteiger partial charge >= 0.3 is 0 Å². The summed E-state index contributed by atoms with van der Waals surface area (Å²) in [5, 5.41) is 13.2. The van der Waals surface area contributed by atoms with Crippen LogP contribution in [0.4, 0.5) is 87.8 Å². The van der Waals surface area contributed by atoms with Crippen LogP contribution in [0.1, 0.15) is 5.56 Å². The molecule has 25 heteroatoms. The van der Waals surface area contributed by atoms with Gasteiger partial charge in [-0.15, -0.1) is 21.9 Å². The molecule has 0 bridgehead atoms. The maximum atomic E-state index is 15.4. The molecule has 8 rings (SSSR count). The normalized spacial score (nSPS) is 11.5. The first kappa shape index (κ1) is 48.0. The lowest BCUT2D eigenvalue weighted by Gasteiger charge is -2.44. The Labute approximate surface area is 364 Å². The monoisotopic (exact) mass is 977 g/mol. The third kappa shape index (κ3) is 7.03. The zero-order chi connectivity index (χ0) is 50.0. The average molecular weight is 977 g/mol. The number of hydrogen-bond acceptors (Lipinski definition) is 3. The second kappa shape index (κ2) is 17.7. The van der Waals surface area contributed by atoms with Crippen LogP contribution in [0.25, 0.3) is 21.5 Å². The molecule has 0 saturated heterocycles. The van der Waals surface area contributed by atoms with E-state index in [-0.39, 0.29) is 0 Å². The van der Waals surface area contributed by atoms with Crippen molar-refractivity contribution in [3.8, 4) is 11.8 Å². The number of aromatic nitrogens is 2. The van der Waals surface area contributed by atoms with Gasteiger partial charge in [0.25, 0.3) is 0 Å². The van der Waals surface area contributed by atoms with Crippen molar-refractivity contribution >= 4 is 49.5 Å². The van der Waals surface area contributed by atoms with Gasteiger partial charge in [-0.3, -0.25) is 4.98 Å². The van der Waals surface area contributed by atoms with E-state index in [1.807, 2.05) is 48.5 Å². The topological polar surface area (TPSA) is 49.8 Å². The first-order valence-corrected chi connectivity index (χ1v) is 18.1. The molecule has 4 nitrogen and oxygen atoms in total. The van der Waals surface area contributed by atoms with Gasteiger partial charge in [0.1, 0.15) is 58.8 Å². The van der Waals surface area contributed by atoms with Crippen molar-refractivity contribution < 1.29 is 97.4 Å². The molecule has 68 heavy (non-hydrogen) atoms. The van der Waals surface area contributed by atoms with Gasteiger partial charge in [0.15, 0.2) is 69.8 Å². The minimum Gasteiger partial charge on any atom is -0.252 e. The highest BCUT2D eigenvalue weighted by Crippen LogP contribution is 2.38. The van der Waals surface area contributed by atoms with Crippen LogP contribution in [0.5, 0.6) is 5.75 Å². The lowest BCUT2D eigenvalue weighted by Crippen LogP contribution is -2.81. The zero-order valence-electron chi connectivity index (χ0n) is 32.3. The van der Waals surface area contributed by atoms with E-state index in [2.05, 4.69) is 11.1 Å². The quantitative estimate of drug-likeness (QED) is 0.0418. The molecule has 7 aromatic carbocycles. The molecule has 0 saturated carbocycles. The van der Waals surface area contributed by atoms with Crippen LogP contribution in [0, 0.1) is 128 Å². The van der Waals surface area contributed by atoms with Gasteiger partial charge in [-0.05, 0) is 0 Å². The summed E-state index contributed by atoms with van der Waals surface area (Å²) in [5.41, 5.74) is -13.7. The van der Waals surface area contributed by atoms with Crippen LogP contribution < -0.4 is 31.4 Å². The zero-order valence-corrected chi connectivity index (χ0v) is 32.3. The number of halogens is 20. The fourth-order valence-electron chi connectivity index (χ4n) is 7.66. The number of rotatable bonds is 6. The number of hydrogen-bond donors (Lipinski definition) is 0. The molecule has 1 heterocycles. The third-order valence-electron chi connectivity index (χ3n) is 10.5. The molecule has 0 amide bonds. The molecule has 0 fully saturated rings. The molecule has 0 aliphatic carbocycles. The van der Waals surface area contributed by atoms with E-state index in [4.69, 9.17) is 4.84 Å². The Kier molecular flexibility index (Phi) is 12.5.